The van der Waals surface area contributed by atoms with E-state index in [1.807, 2.05) is 16.7 Å². The number of imidazole rings is 1. The molecular weight excluding hydrogens is 352 g/mol. The molecule has 0 fully saturated rings. The number of hydrogen-bond donors (Lipinski definition) is 0. The molecule has 3 rings (SSSR count). The summed E-state index contributed by atoms with van der Waals surface area (Å²) in [6.45, 7) is 9.81. The van der Waals surface area contributed by atoms with Crippen LogP contribution >= 0.6 is 11.3 Å². The molecule has 134 valence electrons. The lowest BCUT2D eigenvalue weighted by atomic mass is 10.2. The summed E-state index contributed by atoms with van der Waals surface area (Å²) in [5.74, 6) is 0.827. The van der Waals surface area contributed by atoms with E-state index in [0.717, 1.165) is 44.4 Å². The zero-order valence-corrected chi connectivity index (χ0v) is 17.2. The van der Waals surface area contributed by atoms with Crippen molar-refractivity contribution in [2.75, 3.05) is 13.7 Å². The maximum Gasteiger partial charge on any atom is 0.169 e. The molecule has 0 radical (unpaired) electrons. The lowest BCUT2D eigenvalue weighted by Crippen LogP contribution is -2.22. The van der Waals surface area contributed by atoms with Gasteiger partial charge in [-0.05, 0) is 19.0 Å². The van der Waals surface area contributed by atoms with Crippen LogP contribution in [0.4, 0.5) is 0 Å². The van der Waals surface area contributed by atoms with Crippen molar-refractivity contribution in [3.8, 4) is 5.75 Å². The summed E-state index contributed by atoms with van der Waals surface area (Å²) in [5, 5.41) is 0.992. The van der Waals surface area contributed by atoms with Gasteiger partial charge in [0.15, 0.2) is 5.78 Å². The monoisotopic (exact) mass is 376 g/mol. The summed E-state index contributed by atoms with van der Waals surface area (Å²) < 4.78 is 14.4. The number of Topliss-reactive ketones (excluding diaryl/α,β-unsaturated/α-hetero) is 1. The molecule has 0 N–H and O–H groups in total. The van der Waals surface area contributed by atoms with E-state index in [1.54, 1.807) is 20.4 Å². The minimum Gasteiger partial charge on any atom is -0.494 e. The fraction of sp³-hybridized carbons (Fsp3) is 0.444. The molecule has 2 aromatic heterocycles. The Morgan fingerprint density at radius 2 is 2.08 bits per heavy atom. The number of fused-ring (bicyclic) bond motifs is 3. The van der Waals surface area contributed by atoms with Gasteiger partial charge in [-0.25, -0.2) is 4.98 Å². The van der Waals surface area contributed by atoms with E-state index >= 15 is 0 Å². The molecule has 3 aromatic rings. The minimum atomic E-state index is -1.10. The number of ether oxygens (including phenoxy) is 2. The predicted octanol–water partition coefficient (Wildman–Crippen LogP) is 4.77. The summed E-state index contributed by atoms with van der Waals surface area (Å²) in [4.78, 5) is 17.0. The average molecular weight is 377 g/mol. The molecule has 0 saturated carbocycles. The number of rotatable bonds is 7. The van der Waals surface area contributed by atoms with Crippen LogP contribution in [0, 0.1) is 0 Å². The molecule has 1 aromatic carbocycles. The second-order valence-corrected chi connectivity index (χ2v) is 14.1. The van der Waals surface area contributed by atoms with Crippen LogP contribution < -0.4 is 4.74 Å². The summed E-state index contributed by atoms with van der Waals surface area (Å²) in [6, 6.07) is 5.04. The Labute approximate surface area is 152 Å². The molecule has 5 nitrogen and oxygen atoms in total. The highest BCUT2D eigenvalue weighted by atomic mass is 32.1. The Balaban J connectivity index is 1.95. The van der Waals surface area contributed by atoms with E-state index in [-0.39, 0.29) is 5.78 Å². The largest absolute Gasteiger partial charge is 0.494 e. The van der Waals surface area contributed by atoms with Gasteiger partial charge in [-0.3, -0.25) is 4.79 Å². The van der Waals surface area contributed by atoms with Crippen LogP contribution in [0.5, 0.6) is 5.75 Å². The molecule has 0 aliphatic carbocycles. The molecule has 0 amide bonds. The summed E-state index contributed by atoms with van der Waals surface area (Å²) in [7, 11) is 0.556. The number of carbonyl (C=O) groups excluding carboxylic acids is 1. The number of benzene rings is 1. The van der Waals surface area contributed by atoms with Gasteiger partial charge in [0, 0.05) is 30.8 Å². The highest BCUT2D eigenvalue weighted by Gasteiger charge is 2.17. The predicted molar refractivity (Wildman–Crippen MR) is 106 cm³/mol. The van der Waals surface area contributed by atoms with Crippen molar-refractivity contribution in [3.05, 3.63) is 23.3 Å². The highest BCUT2D eigenvalue weighted by molar-refractivity contribution is 7.21. The summed E-state index contributed by atoms with van der Waals surface area (Å²) in [6.07, 6.45) is 1.78. The number of carbonyl (C=O) groups is 1. The molecule has 0 spiro atoms. The van der Waals surface area contributed by atoms with Crippen LogP contribution in [0.25, 0.3) is 21.1 Å². The highest BCUT2D eigenvalue weighted by Crippen LogP contribution is 2.37. The number of methoxy groups -OCH3 is 1. The van der Waals surface area contributed by atoms with Crippen molar-refractivity contribution in [1.29, 1.82) is 0 Å². The molecule has 0 saturated heterocycles. The average Bonchev–Trinajstić information content (AvgIpc) is 3.13. The number of aromatic nitrogens is 2. The molecule has 0 aliphatic rings. The Hall–Kier alpha value is -1.70. The van der Waals surface area contributed by atoms with E-state index in [0.29, 0.717) is 6.73 Å². The van der Waals surface area contributed by atoms with Gasteiger partial charge in [-0.15, -0.1) is 11.3 Å². The molecule has 0 aliphatic heterocycles. The van der Waals surface area contributed by atoms with Crippen LogP contribution in [0.2, 0.25) is 25.7 Å². The van der Waals surface area contributed by atoms with E-state index in [9.17, 15) is 4.79 Å². The van der Waals surface area contributed by atoms with Crippen molar-refractivity contribution in [1.82, 2.24) is 9.55 Å². The maximum absolute atomic E-state index is 11.7. The van der Waals surface area contributed by atoms with Crippen molar-refractivity contribution in [2.45, 2.75) is 39.3 Å². The van der Waals surface area contributed by atoms with Gasteiger partial charge in [0.25, 0.3) is 0 Å². The van der Waals surface area contributed by atoms with E-state index < -0.39 is 8.07 Å². The quantitative estimate of drug-likeness (QED) is 0.338. The molecule has 0 atom stereocenters. The molecule has 25 heavy (non-hydrogen) atoms. The van der Waals surface area contributed by atoms with Crippen LogP contribution in [0.15, 0.2) is 18.5 Å². The van der Waals surface area contributed by atoms with Gasteiger partial charge in [0.2, 0.25) is 0 Å². The first-order valence-electron chi connectivity index (χ1n) is 8.34. The lowest BCUT2D eigenvalue weighted by molar-refractivity contribution is 0.0896. The molecule has 2 heterocycles. The molecule has 0 unspecified atom stereocenters. The summed E-state index contributed by atoms with van der Waals surface area (Å²) in [5.41, 5.74) is 1.77. The molecule has 7 heteroatoms. The van der Waals surface area contributed by atoms with Gasteiger partial charge in [-0.1, -0.05) is 19.6 Å². The van der Waals surface area contributed by atoms with Crippen LogP contribution in [0.1, 0.15) is 16.6 Å². The summed E-state index contributed by atoms with van der Waals surface area (Å²) >= 11 is 1.48. The van der Waals surface area contributed by atoms with Gasteiger partial charge in [0.1, 0.15) is 23.5 Å². The third kappa shape index (κ3) is 3.78. The second kappa shape index (κ2) is 6.90. The Bertz CT molecular complexity index is 924. The SMILES string of the molecule is COc1cc2sc(C(C)=O)cc2c2ncn(COCC[Si](C)(C)C)c12. The minimum absolute atomic E-state index is 0.0717. The standard InChI is InChI=1S/C18H24N2O3SSi/c1-12(21)15-8-13-16(24-15)9-14(22-2)18-17(13)19-10-20(18)11-23-6-7-25(3,4)5/h8-10H,6-7,11H2,1-5H3. The normalized spacial score (nSPS) is 12.2. The number of thiophene rings is 1. The second-order valence-electron chi connectivity index (χ2n) is 7.42. The van der Waals surface area contributed by atoms with Crippen LogP contribution in [0.3, 0.4) is 0 Å². The van der Waals surface area contributed by atoms with Crippen molar-refractivity contribution >= 4 is 46.3 Å². The van der Waals surface area contributed by atoms with Gasteiger partial charge in [-0.2, -0.15) is 0 Å². The smallest absolute Gasteiger partial charge is 0.169 e. The fourth-order valence-electron chi connectivity index (χ4n) is 2.69. The number of hydrogen-bond acceptors (Lipinski definition) is 5. The lowest BCUT2D eigenvalue weighted by Gasteiger charge is -2.16. The number of nitrogens with zero attached hydrogens (tertiary/aromatic N) is 2. The first kappa shape index (κ1) is 18.1. The zero-order valence-electron chi connectivity index (χ0n) is 15.4. The molecular formula is C18H24N2O3SSi. The first-order valence-corrected chi connectivity index (χ1v) is 12.9. The van der Waals surface area contributed by atoms with Gasteiger partial charge in [0.05, 0.1) is 18.3 Å². The van der Waals surface area contributed by atoms with Gasteiger partial charge < -0.3 is 14.0 Å². The van der Waals surface area contributed by atoms with Crippen molar-refractivity contribution < 1.29 is 14.3 Å². The Morgan fingerprint density at radius 1 is 1.32 bits per heavy atom. The third-order valence-corrected chi connectivity index (χ3v) is 7.03. The van der Waals surface area contributed by atoms with E-state index in [2.05, 4.69) is 24.6 Å². The topological polar surface area (TPSA) is 53.3 Å². The number of ketones is 1. The molecule has 0 bridgehead atoms. The Morgan fingerprint density at radius 3 is 2.72 bits per heavy atom. The van der Waals surface area contributed by atoms with E-state index in [1.165, 1.54) is 11.3 Å². The van der Waals surface area contributed by atoms with Crippen LogP contribution in [-0.2, 0) is 11.5 Å². The Kier molecular flexibility index (Phi) is 4.99. The van der Waals surface area contributed by atoms with Crippen molar-refractivity contribution in [2.24, 2.45) is 0 Å². The van der Waals surface area contributed by atoms with Gasteiger partial charge >= 0.3 is 0 Å². The first-order chi connectivity index (χ1) is 11.8. The van der Waals surface area contributed by atoms with Crippen molar-refractivity contribution in [3.63, 3.8) is 0 Å². The fourth-order valence-corrected chi connectivity index (χ4v) is 4.44. The maximum atomic E-state index is 11.7. The van der Waals surface area contributed by atoms with Crippen LogP contribution in [-0.4, -0.2) is 37.1 Å². The third-order valence-electron chi connectivity index (χ3n) is 4.14. The zero-order chi connectivity index (χ0) is 18.2. The van der Waals surface area contributed by atoms with E-state index in [4.69, 9.17) is 9.47 Å².